The molecule has 1 aliphatic heterocycles. The predicted molar refractivity (Wildman–Crippen MR) is 80.8 cm³/mol. The minimum atomic E-state index is 0.0235. The molecule has 6 heteroatoms. The molecule has 0 unspecified atom stereocenters. The van der Waals surface area contributed by atoms with E-state index in [2.05, 4.69) is 11.1 Å². The van der Waals surface area contributed by atoms with Crippen molar-refractivity contribution in [3.8, 4) is 9.88 Å². The topological polar surface area (TPSA) is 42.4 Å². The Morgan fingerprint density at radius 2 is 2.45 bits per heavy atom. The van der Waals surface area contributed by atoms with Gasteiger partial charge in [0, 0.05) is 19.0 Å². The average Bonchev–Trinajstić information content (AvgIpc) is 3.19. The van der Waals surface area contributed by atoms with Crippen LogP contribution in [0.25, 0.3) is 9.88 Å². The first kappa shape index (κ1) is 13.7. The summed E-state index contributed by atoms with van der Waals surface area (Å²) in [6.07, 6.45) is 0.834. The van der Waals surface area contributed by atoms with Gasteiger partial charge >= 0.3 is 0 Å². The molecule has 3 heterocycles. The van der Waals surface area contributed by atoms with Crippen LogP contribution in [0, 0.1) is 5.92 Å². The second kappa shape index (κ2) is 6.03. The van der Waals surface area contributed by atoms with E-state index in [1.165, 1.54) is 4.88 Å². The smallest absolute Gasteiger partial charge is 0.228 e. The molecule has 2 aromatic rings. The highest BCUT2D eigenvalue weighted by Crippen LogP contribution is 2.28. The molecule has 0 aromatic carbocycles. The van der Waals surface area contributed by atoms with Crippen molar-refractivity contribution >= 4 is 28.6 Å². The Labute approximate surface area is 126 Å². The van der Waals surface area contributed by atoms with Gasteiger partial charge in [-0.15, -0.1) is 22.7 Å². The van der Waals surface area contributed by atoms with Crippen LogP contribution >= 0.6 is 22.7 Å². The molecule has 1 atom stereocenters. The van der Waals surface area contributed by atoms with E-state index >= 15 is 0 Å². The number of rotatable bonds is 4. The van der Waals surface area contributed by atoms with E-state index in [0.717, 1.165) is 17.1 Å². The van der Waals surface area contributed by atoms with Gasteiger partial charge in [0.1, 0.15) is 5.01 Å². The van der Waals surface area contributed by atoms with Crippen LogP contribution in [-0.2, 0) is 16.1 Å². The zero-order chi connectivity index (χ0) is 13.9. The molecule has 0 N–H and O–H groups in total. The highest BCUT2D eigenvalue weighted by Gasteiger charge is 2.26. The van der Waals surface area contributed by atoms with Crippen molar-refractivity contribution in [3.05, 3.63) is 28.6 Å². The Hall–Kier alpha value is -1.24. The van der Waals surface area contributed by atoms with E-state index in [9.17, 15) is 4.79 Å². The Bertz CT molecular complexity index is 574. The second-order valence-electron chi connectivity index (χ2n) is 4.88. The van der Waals surface area contributed by atoms with Crippen LogP contribution < -0.4 is 0 Å². The quantitative estimate of drug-likeness (QED) is 0.872. The maximum atomic E-state index is 12.2. The first-order valence-corrected chi connectivity index (χ1v) is 8.31. The van der Waals surface area contributed by atoms with Crippen molar-refractivity contribution in [2.45, 2.75) is 13.0 Å². The van der Waals surface area contributed by atoms with E-state index in [-0.39, 0.29) is 11.8 Å². The van der Waals surface area contributed by atoms with Gasteiger partial charge in [-0.2, -0.15) is 0 Å². The first-order chi connectivity index (χ1) is 9.74. The summed E-state index contributed by atoms with van der Waals surface area (Å²) in [6, 6.07) is 4.09. The first-order valence-electron chi connectivity index (χ1n) is 6.55. The van der Waals surface area contributed by atoms with Crippen LogP contribution in [0.5, 0.6) is 0 Å². The maximum Gasteiger partial charge on any atom is 0.228 e. The van der Waals surface area contributed by atoms with Gasteiger partial charge in [-0.1, -0.05) is 6.07 Å². The molecule has 3 rings (SSSR count). The number of carbonyl (C=O) groups is 1. The standard InChI is InChI=1S/C14H16N2O2S2/c1-16(14(17)10-4-5-18-8-10)7-11-9-20-13(15-11)12-3-2-6-19-12/h2-3,6,9-10H,4-5,7-8H2,1H3/t10-/m1/s1. The number of ether oxygens (including phenoxy) is 1. The van der Waals surface area contributed by atoms with Gasteiger partial charge < -0.3 is 9.64 Å². The SMILES string of the molecule is CN(Cc1csc(-c2cccs2)n1)C(=O)[C@@H]1CCOC1. The van der Waals surface area contributed by atoms with Crippen molar-refractivity contribution in [1.82, 2.24) is 9.88 Å². The number of thiazole rings is 1. The Kier molecular flexibility index (Phi) is 4.14. The van der Waals surface area contributed by atoms with Crippen molar-refractivity contribution in [2.24, 2.45) is 5.92 Å². The lowest BCUT2D eigenvalue weighted by atomic mass is 10.1. The van der Waals surface area contributed by atoms with Crippen molar-refractivity contribution in [1.29, 1.82) is 0 Å². The second-order valence-corrected chi connectivity index (χ2v) is 6.68. The normalized spacial score (nSPS) is 18.4. The van der Waals surface area contributed by atoms with Crippen molar-refractivity contribution in [3.63, 3.8) is 0 Å². The molecule has 0 radical (unpaired) electrons. The van der Waals surface area contributed by atoms with Crippen molar-refractivity contribution < 1.29 is 9.53 Å². The van der Waals surface area contributed by atoms with Crippen LogP contribution in [0.15, 0.2) is 22.9 Å². The van der Waals surface area contributed by atoms with E-state index in [4.69, 9.17) is 4.74 Å². The summed E-state index contributed by atoms with van der Waals surface area (Å²) >= 11 is 3.32. The third-order valence-corrected chi connectivity index (χ3v) is 5.27. The minimum Gasteiger partial charge on any atom is -0.381 e. The molecule has 0 bridgehead atoms. The number of aromatic nitrogens is 1. The van der Waals surface area contributed by atoms with Gasteiger partial charge in [0.2, 0.25) is 5.91 Å². The fraction of sp³-hybridized carbons (Fsp3) is 0.429. The van der Waals surface area contributed by atoms with Gasteiger partial charge in [0.05, 0.1) is 29.6 Å². The predicted octanol–water partition coefficient (Wildman–Crippen LogP) is 2.87. The molecule has 0 spiro atoms. The number of carbonyl (C=O) groups excluding carboxylic acids is 1. The lowest BCUT2D eigenvalue weighted by Gasteiger charge is -2.19. The molecule has 1 amide bonds. The molecule has 2 aromatic heterocycles. The lowest BCUT2D eigenvalue weighted by Crippen LogP contribution is -2.32. The summed E-state index contributed by atoms with van der Waals surface area (Å²) in [6.45, 7) is 1.82. The number of hydrogen-bond donors (Lipinski definition) is 0. The zero-order valence-corrected chi connectivity index (χ0v) is 12.9. The van der Waals surface area contributed by atoms with Crippen LogP contribution in [0.2, 0.25) is 0 Å². The van der Waals surface area contributed by atoms with Gasteiger partial charge in [0.15, 0.2) is 0 Å². The molecule has 1 aliphatic rings. The molecule has 106 valence electrons. The Morgan fingerprint density at radius 1 is 1.55 bits per heavy atom. The summed E-state index contributed by atoms with van der Waals surface area (Å²) in [5.74, 6) is 0.184. The molecule has 4 nitrogen and oxygen atoms in total. The molecule has 0 aliphatic carbocycles. The third kappa shape index (κ3) is 2.92. The molecular formula is C14H16N2O2S2. The monoisotopic (exact) mass is 308 g/mol. The van der Waals surface area contributed by atoms with Gasteiger partial charge in [-0.25, -0.2) is 4.98 Å². The highest BCUT2D eigenvalue weighted by atomic mass is 32.1. The van der Waals surface area contributed by atoms with Crippen LogP contribution in [0.3, 0.4) is 0 Å². The van der Waals surface area contributed by atoms with Crippen molar-refractivity contribution in [2.75, 3.05) is 20.3 Å². The van der Waals surface area contributed by atoms with Crippen LogP contribution in [-0.4, -0.2) is 36.1 Å². The van der Waals surface area contributed by atoms with Gasteiger partial charge in [0.25, 0.3) is 0 Å². The minimum absolute atomic E-state index is 0.0235. The number of hydrogen-bond acceptors (Lipinski definition) is 5. The van der Waals surface area contributed by atoms with E-state index in [0.29, 0.717) is 19.8 Å². The molecule has 1 fully saturated rings. The van der Waals surface area contributed by atoms with Gasteiger partial charge in [-0.05, 0) is 17.9 Å². The summed E-state index contributed by atoms with van der Waals surface area (Å²) in [7, 11) is 1.84. The molecule has 1 saturated heterocycles. The number of thiophene rings is 1. The maximum absolute atomic E-state index is 12.2. The Balaban J connectivity index is 1.64. The lowest BCUT2D eigenvalue weighted by molar-refractivity contribution is -0.134. The summed E-state index contributed by atoms with van der Waals surface area (Å²) in [5.41, 5.74) is 0.952. The average molecular weight is 308 g/mol. The molecular weight excluding hydrogens is 292 g/mol. The number of amides is 1. The molecule has 0 saturated carbocycles. The number of nitrogens with zero attached hydrogens (tertiary/aromatic N) is 2. The fourth-order valence-corrected chi connectivity index (χ4v) is 3.88. The summed E-state index contributed by atoms with van der Waals surface area (Å²) in [4.78, 5) is 19.8. The van der Waals surface area contributed by atoms with Gasteiger partial charge in [-0.3, -0.25) is 4.79 Å². The third-order valence-electron chi connectivity index (χ3n) is 3.34. The largest absolute Gasteiger partial charge is 0.381 e. The molecule has 20 heavy (non-hydrogen) atoms. The Morgan fingerprint density at radius 3 is 3.15 bits per heavy atom. The summed E-state index contributed by atoms with van der Waals surface area (Å²) in [5, 5.41) is 5.11. The fourth-order valence-electron chi connectivity index (χ4n) is 2.25. The van der Waals surface area contributed by atoms with Crippen LogP contribution in [0.1, 0.15) is 12.1 Å². The highest BCUT2D eigenvalue weighted by molar-refractivity contribution is 7.20. The van der Waals surface area contributed by atoms with E-state index in [1.807, 2.05) is 23.9 Å². The van der Waals surface area contributed by atoms with E-state index in [1.54, 1.807) is 27.6 Å². The van der Waals surface area contributed by atoms with Crippen LogP contribution in [0.4, 0.5) is 0 Å². The summed E-state index contributed by atoms with van der Waals surface area (Å²) < 4.78 is 5.27. The zero-order valence-electron chi connectivity index (χ0n) is 11.2. The van der Waals surface area contributed by atoms with E-state index < -0.39 is 0 Å².